The van der Waals surface area contributed by atoms with Gasteiger partial charge in [0, 0.05) is 7.11 Å². The van der Waals surface area contributed by atoms with Gasteiger partial charge >= 0.3 is 6.18 Å². The highest BCUT2D eigenvalue weighted by molar-refractivity contribution is 5.79. The van der Waals surface area contributed by atoms with Gasteiger partial charge in [0.1, 0.15) is 0 Å². The van der Waals surface area contributed by atoms with Gasteiger partial charge in [0.15, 0.2) is 0 Å². The van der Waals surface area contributed by atoms with E-state index in [-0.39, 0.29) is 18.6 Å². The molecule has 0 radical (unpaired) electrons. The number of alkyl halides is 3. The summed E-state index contributed by atoms with van der Waals surface area (Å²) < 4.78 is 43.4. The molecule has 0 heterocycles. The Morgan fingerprint density at radius 3 is 2.40 bits per heavy atom. The number of carbonyl (C=O) groups is 1. The Morgan fingerprint density at radius 2 is 1.85 bits per heavy atom. The first-order chi connectivity index (χ1) is 9.15. The summed E-state index contributed by atoms with van der Waals surface area (Å²) in [5.41, 5.74) is -1.44. The molecule has 0 bridgehead atoms. The molecule has 1 rings (SSSR count). The lowest BCUT2D eigenvalue weighted by atomic mass is 10.0. The summed E-state index contributed by atoms with van der Waals surface area (Å²) in [6.45, 7) is 3.76. The van der Waals surface area contributed by atoms with Crippen molar-refractivity contribution < 1.29 is 22.7 Å². The predicted molar refractivity (Wildman–Crippen MR) is 69.2 cm³/mol. The first-order valence-corrected chi connectivity index (χ1v) is 6.11. The lowest BCUT2D eigenvalue weighted by molar-refractivity contribution is -0.138. The molecule has 20 heavy (non-hydrogen) atoms. The number of halogens is 3. The molecule has 0 atom stereocenters. The van der Waals surface area contributed by atoms with Crippen LogP contribution in [0.3, 0.4) is 0 Å². The highest BCUT2D eigenvalue weighted by atomic mass is 19.4. The second kappa shape index (κ2) is 6.26. The molecule has 112 valence electrons. The lowest BCUT2D eigenvalue weighted by Gasteiger charge is -2.25. The number of carbonyl (C=O) groups excluding carboxylic acids is 1. The van der Waals surface area contributed by atoms with E-state index < -0.39 is 23.2 Å². The SMILES string of the molecule is COCC(C)(C)NC(=O)Cc1ccccc1C(F)(F)F. The molecule has 0 aliphatic carbocycles. The summed E-state index contributed by atoms with van der Waals surface area (Å²) in [4.78, 5) is 11.8. The van der Waals surface area contributed by atoms with Gasteiger partial charge in [0.25, 0.3) is 0 Å². The molecule has 0 aliphatic rings. The average Bonchev–Trinajstić information content (AvgIpc) is 2.26. The second-order valence-corrected chi connectivity index (χ2v) is 5.20. The van der Waals surface area contributed by atoms with Crippen LogP contribution in [-0.4, -0.2) is 25.2 Å². The number of amides is 1. The Kier molecular flexibility index (Phi) is 5.16. The monoisotopic (exact) mass is 289 g/mol. The van der Waals surface area contributed by atoms with Gasteiger partial charge in [0.2, 0.25) is 5.91 Å². The van der Waals surface area contributed by atoms with Crippen molar-refractivity contribution in [3.8, 4) is 0 Å². The van der Waals surface area contributed by atoms with Crippen LogP contribution in [0.25, 0.3) is 0 Å². The third-order valence-corrected chi connectivity index (χ3v) is 2.66. The molecular formula is C14H18F3NO2. The Morgan fingerprint density at radius 1 is 1.25 bits per heavy atom. The topological polar surface area (TPSA) is 38.3 Å². The van der Waals surface area contributed by atoms with Crippen molar-refractivity contribution in [2.45, 2.75) is 32.0 Å². The average molecular weight is 289 g/mol. The number of nitrogens with one attached hydrogen (secondary N) is 1. The van der Waals surface area contributed by atoms with E-state index in [9.17, 15) is 18.0 Å². The van der Waals surface area contributed by atoms with E-state index in [1.165, 1.54) is 25.3 Å². The van der Waals surface area contributed by atoms with E-state index >= 15 is 0 Å². The zero-order valence-corrected chi connectivity index (χ0v) is 11.7. The fourth-order valence-corrected chi connectivity index (χ4v) is 1.94. The lowest BCUT2D eigenvalue weighted by Crippen LogP contribution is -2.47. The number of rotatable bonds is 5. The molecule has 0 unspecified atom stereocenters. The van der Waals surface area contributed by atoms with Crippen LogP contribution in [0.15, 0.2) is 24.3 Å². The highest BCUT2D eigenvalue weighted by Gasteiger charge is 2.33. The number of hydrogen-bond acceptors (Lipinski definition) is 2. The maximum Gasteiger partial charge on any atom is 0.416 e. The minimum atomic E-state index is -4.46. The summed E-state index contributed by atoms with van der Waals surface area (Å²) >= 11 is 0. The van der Waals surface area contributed by atoms with Gasteiger partial charge in [-0.05, 0) is 25.5 Å². The van der Waals surface area contributed by atoms with Crippen LogP contribution in [0, 0.1) is 0 Å². The van der Waals surface area contributed by atoms with E-state index in [2.05, 4.69) is 5.32 Å². The summed E-state index contributed by atoms with van der Waals surface area (Å²) in [5, 5.41) is 2.65. The van der Waals surface area contributed by atoms with Crippen molar-refractivity contribution in [1.29, 1.82) is 0 Å². The third kappa shape index (κ3) is 4.85. The van der Waals surface area contributed by atoms with Gasteiger partial charge in [0.05, 0.1) is 24.1 Å². The maximum absolute atomic E-state index is 12.8. The number of ether oxygens (including phenoxy) is 1. The molecule has 1 N–H and O–H groups in total. The molecule has 0 fully saturated rings. The van der Waals surface area contributed by atoms with Crippen LogP contribution in [0.5, 0.6) is 0 Å². The molecular weight excluding hydrogens is 271 g/mol. The quantitative estimate of drug-likeness (QED) is 0.905. The van der Waals surface area contributed by atoms with Crippen LogP contribution in [0.2, 0.25) is 0 Å². The smallest absolute Gasteiger partial charge is 0.382 e. The predicted octanol–water partition coefficient (Wildman–Crippen LogP) is 2.79. The molecule has 3 nitrogen and oxygen atoms in total. The van der Waals surface area contributed by atoms with Crippen molar-refractivity contribution in [1.82, 2.24) is 5.32 Å². The Balaban J connectivity index is 2.82. The molecule has 1 aromatic rings. The van der Waals surface area contributed by atoms with E-state index in [1.54, 1.807) is 13.8 Å². The van der Waals surface area contributed by atoms with E-state index in [1.807, 2.05) is 0 Å². The van der Waals surface area contributed by atoms with Crippen molar-refractivity contribution in [2.24, 2.45) is 0 Å². The van der Waals surface area contributed by atoms with Crippen molar-refractivity contribution in [3.05, 3.63) is 35.4 Å². The zero-order valence-electron chi connectivity index (χ0n) is 11.7. The van der Waals surface area contributed by atoms with Gasteiger partial charge in [-0.3, -0.25) is 4.79 Å². The molecule has 0 aliphatic heterocycles. The molecule has 0 saturated heterocycles. The first-order valence-electron chi connectivity index (χ1n) is 6.11. The zero-order chi connectivity index (χ0) is 15.4. The van der Waals surface area contributed by atoms with Crippen LogP contribution < -0.4 is 5.32 Å². The molecule has 0 spiro atoms. The summed E-state index contributed by atoms with van der Waals surface area (Å²) in [6.07, 6.45) is -4.78. The van der Waals surface area contributed by atoms with E-state index in [0.717, 1.165) is 6.07 Å². The highest BCUT2D eigenvalue weighted by Crippen LogP contribution is 2.32. The molecule has 1 amide bonds. The van der Waals surface area contributed by atoms with Gasteiger partial charge in [-0.1, -0.05) is 18.2 Å². The fraction of sp³-hybridized carbons (Fsp3) is 0.500. The third-order valence-electron chi connectivity index (χ3n) is 2.66. The normalized spacial score (nSPS) is 12.3. The fourth-order valence-electron chi connectivity index (χ4n) is 1.94. The van der Waals surface area contributed by atoms with Crippen LogP contribution in [-0.2, 0) is 22.1 Å². The summed E-state index contributed by atoms with van der Waals surface area (Å²) in [7, 11) is 1.49. The van der Waals surface area contributed by atoms with Crippen LogP contribution in [0.4, 0.5) is 13.2 Å². The second-order valence-electron chi connectivity index (χ2n) is 5.20. The summed E-state index contributed by atoms with van der Waals surface area (Å²) in [6, 6.07) is 5.08. The Labute approximate surface area is 116 Å². The van der Waals surface area contributed by atoms with Crippen molar-refractivity contribution in [3.63, 3.8) is 0 Å². The summed E-state index contributed by atoms with van der Waals surface area (Å²) in [5.74, 6) is -0.469. The largest absolute Gasteiger partial charge is 0.416 e. The van der Waals surface area contributed by atoms with Crippen molar-refractivity contribution in [2.75, 3.05) is 13.7 Å². The van der Waals surface area contributed by atoms with Crippen LogP contribution in [0.1, 0.15) is 25.0 Å². The molecule has 1 aromatic carbocycles. The number of hydrogen-bond donors (Lipinski definition) is 1. The molecule has 0 aromatic heterocycles. The van der Waals surface area contributed by atoms with Crippen molar-refractivity contribution >= 4 is 5.91 Å². The maximum atomic E-state index is 12.8. The Bertz CT molecular complexity index is 470. The number of methoxy groups -OCH3 is 1. The minimum absolute atomic E-state index is 0.0364. The van der Waals surface area contributed by atoms with Gasteiger partial charge in [-0.2, -0.15) is 13.2 Å². The Hall–Kier alpha value is -1.56. The van der Waals surface area contributed by atoms with Gasteiger partial charge < -0.3 is 10.1 Å². The number of benzene rings is 1. The minimum Gasteiger partial charge on any atom is -0.382 e. The van der Waals surface area contributed by atoms with Crippen LogP contribution >= 0.6 is 0 Å². The molecule has 6 heteroatoms. The van der Waals surface area contributed by atoms with E-state index in [0.29, 0.717) is 0 Å². The van der Waals surface area contributed by atoms with Gasteiger partial charge in [-0.25, -0.2) is 0 Å². The first kappa shape index (κ1) is 16.5. The molecule has 0 saturated carbocycles. The van der Waals surface area contributed by atoms with E-state index in [4.69, 9.17) is 4.74 Å². The van der Waals surface area contributed by atoms with Gasteiger partial charge in [-0.15, -0.1) is 0 Å². The standard InChI is InChI=1S/C14H18F3NO2/c1-13(2,9-20-3)18-12(19)8-10-6-4-5-7-11(10)14(15,16)17/h4-7H,8-9H2,1-3H3,(H,18,19).